The maximum atomic E-state index is 12.8. The maximum absolute atomic E-state index is 12.8. The minimum absolute atomic E-state index is 0.0675. The van der Waals surface area contributed by atoms with Crippen molar-refractivity contribution in [2.24, 2.45) is 11.7 Å². The second kappa shape index (κ2) is 11.6. The van der Waals surface area contributed by atoms with Crippen LogP contribution in [-0.2, 0) is 27.4 Å². The number of carbonyl (C=O) groups excluding carboxylic acids is 3. The van der Waals surface area contributed by atoms with E-state index in [-0.39, 0.29) is 18.9 Å². The summed E-state index contributed by atoms with van der Waals surface area (Å²) in [6.45, 7) is 3.59. The molecule has 166 valence electrons. The fourth-order valence-corrected chi connectivity index (χ4v) is 3.30. The summed E-state index contributed by atoms with van der Waals surface area (Å²) < 4.78 is 5.18. The Kier molecular flexibility index (Phi) is 9.15. The number of halogens is 2. The normalized spacial score (nSPS) is 12.7. The standard InChI is InChI=1S/C22H25Cl2N3O4/c1-13(2)19(27-22(30)31-12-14-6-4-3-5-7-14)21(29)26-18(20(25)28)10-15-8-9-16(23)11-17(15)24/h3-9,11,13,18-19H,10,12H2,1-2H3,(H2,25,28)(H,26,29)(H,27,30)/t18-,19-/m1/s1. The van der Waals surface area contributed by atoms with Crippen molar-refractivity contribution in [2.75, 3.05) is 0 Å². The van der Waals surface area contributed by atoms with Crippen LogP contribution in [0.1, 0.15) is 25.0 Å². The predicted octanol–water partition coefficient (Wildman–Crippen LogP) is 3.46. The van der Waals surface area contributed by atoms with Gasteiger partial charge in [-0.05, 0) is 29.2 Å². The fraction of sp³-hybridized carbons (Fsp3) is 0.318. The van der Waals surface area contributed by atoms with Gasteiger partial charge in [0.05, 0.1) is 0 Å². The van der Waals surface area contributed by atoms with E-state index in [1.165, 1.54) is 0 Å². The third-order valence-corrected chi connectivity index (χ3v) is 5.12. The Morgan fingerprint density at radius 3 is 2.29 bits per heavy atom. The SMILES string of the molecule is CC(C)[C@@H](NC(=O)OCc1ccccc1)C(=O)N[C@H](Cc1ccc(Cl)cc1Cl)C(N)=O. The van der Waals surface area contributed by atoms with Crippen LogP contribution in [0.4, 0.5) is 4.79 Å². The van der Waals surface area contributed by atoms with Crippen LogP contribution in [0.15, 0.2) is 48.5 Å². The molecule has 0 fully saturated rings. The minimum atomic E-state index is -1.02. The van der Waals surface area contributed by atoms with Crippen LogP contribution in [0.5, 0.6) is 0 Å². The summed E-state index contributed by atoms with van der Waals surface area (Å²) in [7, 11) is 0. The number of nitrogens with two attached hydrogens (primary N) is 1. The molecule has 0 aromatic heterocycles. The number of amides is 3. The van der Waals surface area contributed by atoms with Gasteiger partial charge in [0.2, 0.25) is 11.8 Å². The summed E-state index contributed by atoms with van der Waals surface area (Å²) >= 11 is 12.1. The van der Waals surface area contributed by atoms with Crippen molar-refractivity contribution in [3.63, 3.8) is 0 Å². The van der Waals surface area contributed by atoms with E-state index in [2.05, 4.69) is 10.6 Å². The topological polar surface area (TPSA) is 111 Å². The molecule has 4 N–H and O–H groups in total. The Morgan fingerprint density at radius 1 is 1.03 bits per heavy atom. The van der Waals surface area contributed by atoms with Crippen LogP contribution in [-0.4, -0.2) is 30.0 Å². The first-order valence-corrected chi connectivity index (χ1v) is 10.4. The number of primary amides is 1. The lowest BCUT2D eigenvalue weighted by atomic mass is 10.0. The fourth-order valence-electron chi connectivity index (χ4n) is 2.82. The lowest BCUT2D eigenvalue weighted by Gasteiger charge is -2.24. The number of nitrogens with one attached hydrogen (secondary N) is 2. The zero-order chi connectivity index (χ0) is 23.0. The van der Waals surface area contributed by atoms with Gasteiger partial charge in [-0.25, -0.2) is 4.79 Å². The quantitative estimate of drug-likeness (QED) is 0.526. The molecule has 0 radical (unpaired) electrons. The highest BCUT2D eigenvalue weighted by Gasteiger charge is 2.29. The van der Waals surface area contributed by atoms with Gasteiger partial charge in [-0.1, -0.05) is 73.4 Å². The molecule has 0 aliphatic heterocycles. The van der Waals surface area contributed by atoms with E-state index in [1.807, 2.05) is 30.3 Å². The highest BCUT2D eigenvalue weighted by molar-refractivity contribution is 6.35. The van der Waals surface area contributed by atoms with Gasteiger partial charge in [0.1, 0.15) is 18.7 Å². The van der Waals surface area contributed by atoms with E-state index >= 15 is 0 Å². The Hall–Kier alpha value is -2.77. The number of rotatable bonds is 9. The monoisotopic (exact) mass is 465 g/mol. The lowest BCUT2D eigenvalue weighted by molar-refractivity contribution is -0.129. The number of benzene rings is 2. The first kappa shape index (κ1) is 24.5. The van der Waals surface area contributed by atoms with Crippen LogP contribution in [0.25, 0.3) is 0 Å². The minimum Gasteiger partial charge on any atom is -0.445 e. The molecule has 7 nitrogen and oxygen atoms in total. The summed E-state index contributed by atoms with van der Waals surface area (Å²) in [5.74, 6) is -1.55. The molecule has 2 rings (SSSR count). The molecule has 0 aliphatic carbocycles. The Bertz CT molecular complexity index is 922. The molecule has 0 unspecified atom stereocenters. The van der Waals surface area contributed by atoms with Crippen molar-refractivity contribution in [3.05, 3.63) is 69.7 Å². The van der Waals surface area contributed by atoms with Crippen LogP contribution >= 0.6 is 23.2 Å². The maximum Gasteiger partial charge on any atom is 0.408 e. The van der Waals surface area contributed by atoms with E-state index in [4.69, 9.17) is 33.7 Å². The summed E-state index contributed by atoms with van der Waals surface area (Å²) in [6.07, 6.45) is -0.658. The molecule has 3 amide bonds. The van der Waals surface area contributed by atoms with Gasteiger partial charge in [-0.3, -0.25) is 9.59 Å². The van der Waals surface area contributed by atoms with Crippen molar-refractivity contribution in [3.8, 4) is 0 Å². The van der Waals surface area contributed by atoms with Crippen LogP contribution in [0.3, 0.4) is 0 Å². The van der Waals surface area contributed by atoms with Crippen LogP contribution < -0.4 is 16.4 Å². The van der Waals surface area contributed by atoms with E-state index in [9.17, 15) is 14.4 Å². The molecule has 0 bridgehead atoms. The summed E-state index contributed by atoms with van der Waals surface area (Å²) in [4.78, 5) is 36.9. The van der Waals surface area contributed by atoms with Crippen molar-refractivity contribution in [1.29, 1.82) is 0 Å². The highest BCUT2D eigenvalue weighted by atomic mass is 35.5. The van der Waals surface area contributed by atoms with E-state index in [0.29, 0.717) is 15.6 Å². The Labute approximate surface area is 191 Å². The highest BCUT2D eigenvalue weighted by Crippen LogP contribution is 2.22. The molecule has 2 aromatic carbocycles. The second-order valence-electron chi connectivity index (χ2n) is 7.33. The molecular weight excluding hydrogens is 441 g/mol. The van der Waals surface area contributed by atoms with Crippen molar-refractivity contribution in [2.45, 2.75) is 39.0 Å². The second-order valence-corrected chi connectivity index (χ2v) is 8.17. The molecule has 0 aliphatic rings. The zero-order valence-electron chi connectivity index (χ0n) is 17.2. The van der Waals surface area contributed by atoms with Gasteiger partial charge >= 0.3 is 6.09 Å². The predicted molar refractivity (Wildman–Crippen MR) is 120 cm³/mol. The smallest absolute Gasteiger partial charge is 0.408 e. The van der Waals surface area contributed by atoms with Gasteiger partial charge in [-0.15, -0.1) is 0 Å². The largest absolute Gasteiger partial charge is 0.445 e. The third-order valence-electron chi connectivity index (χ3n) is 4.53. The zero-order valence-corrected chi connectivity index (χ0v) is 18.7. The van der Waals surface area contributed by atoms with Gasteiger partial charge in [0, 0.05) is 16.5 Å². The van der Waals surface area contributed by atoms with Crippen molar-refractivity contribution in [1.82, 2.24) is 10.6 Å². The molecule has 2 aromatic rings. The van der Waals surface area contributed by atoms with Gasteiger partial charge in [0.15, 0.2) is 0 Å². The van der Waals surface area contributed by atoms with Crippen molar-refractivity contribution >= 4 is 41.1 Å². The Balaban J connectivity index is 2.01. The number of hydrogen-bond acceptors (Lipinski definition) is 4. The molecule has 9 heteroatoms. The van der Waals surface area contributed by atoms with E-state index in [0.717, 1.165) is 5.56 Å². The molecule has 0 saturated carbocycles. The third kappa shape index (κ3) is 7.77. The van der Waals surface area contributed by atoms with Gasteiger partial charge < -0.3 is 21.1 Å². The number of ether oxygens (including phenoxy) is 1. The average Bonchev–Trinajstić information content (AvgIpc) is 2.72. The number of carbonyl (C=O) groups is 3. The van der Waals surface area contributed by atoms with E-state index < -0.39 is 30.0 Å². The van der Waals surface area contributed by atoms with Crippen LogP contribution in [0.2, 0.25) is 10.0 Å². The summed E-state index contributed by atoms with van der Waals surface area (Å²) in [5, 5.41) is 5.94. The molecular formula is C22H25Cl2N3O4. The molecule has 31 heavy (non-hydrogen) atoms. The van der Waals surface area contributed by atoms with Gasteiger partial charge in [0.25, 0.3) is 0 Å². The van der Waals surface area contributed by atoms with Crippen molar-refractivity contribution < 1.29 is 19.1 Å². The van der Waals surface area contributed by atoms with Crippen LogP contribution in [0, 0.1) is 5.92 Å². The average molecular weight is 466 g/mol. The number of hydrogen-bond donors (Lipinski definition) is 3. The molecule has 2 atom stereocenters. The molecule has 0 heterocycles. The summed E-state index contributed by atoms with van der Waals surface area (Å²) in [6, 6.07) is 12.0. The molecule has 0 saturated heterocycles. The van der Waals surface area contributed by atoms with Gasteiger partial charge in [-0.2, -0.15) is 0 Å². The number of alkyl carbamates (subject to hydrolysis) is 1. The lowest BCUT2D eigenvalue weighted by Crippen LogP contribution is -2.55. The summed E-state index contributed by atoms with van der Waals surface area (Å²) in [5.41, 5.74) is 6.89. The first-order valence-electron chi connectivity index (χ1n) is 9.68. The van der Waals surface area contributed by atoms with E-state index in [1.54, 1.807) is 32.0 Å². The Morgan fingerprint density at radius 2 is 1.71 bits per heavy atom. The molecule has 0 spiro atoms. The first-order chi connectivity index (χ1) is 14.7.